The minimum atomic E-state index is -0.323. The van der Waals surface area contributed by atoms with Crippen LogP contribution in [0, 0.1) is 0 Å². The highest BCUT2D eigenvalue weighted by Crippen LogP contribution is 1.97. The molecule has 0 spiro atoms. The molecule has 0 aromatic rings. The van der Waals surface area contributed by atoms with Crippen molar-refractivity contribution in [1.82, 2.24) is 0 Å². The summed E-state index contributed by atoms with van der Waals surface area (Å²) in [5.41, 5.74) is 9.93. The van der Waals surface area contributed by atoms with Crippen molar-refractivity contribution in [1.29, 1.82) is 0 Å². The van der Waals surface area contributed by atoms with Gasteiger partial charge in [-0.3, -0.25) is 9.59 Å². The Hall–Kier alpha value is -1.58. The molecule has 0 bridgehead atoms. The first-order chi connectivity index (χ1) is 7.13. The molecule has 4 nitrogen and oxygen atoms in total. The molecule has 0 rings (SSSR count). The van der Waals surface area contributed by atoms with Crippen LogP contribution >= 0.6 is 0 Å². The number of carbonyl (C=O) groups excluding carboxylic acids is 2. The Bertz CT molecular complexity index is 257. The summed E-state index contributed by atoms with van der Waals surface area (Å²) in [5.74, 6) is -0.582. The lowest BCUT2D eigenvalue weighted by Crippen LogP contribution is -2.09. The maximum absolute atomic E-state index is 10.4. The van der Waals surface area contributed by atoms with Gasteiger partial charge in [0.25, 0.3) is 0 Å². The molecule has 84 valence electrons. The van der Waals surface area contributed by atoms with Crippen LogP contribution in [-0.2, 0) is 9.59 Å². The van der Waals surface area contributed by atoms with Crippen molar-refractivity contribution < 1.29 is 9.59 Å². The molecule has 0 unspecified atom stereocenters. The number of nitrogens with two attached hydrogens (primary N) is 2. The summed E-state index contributed by atoms with van der Waals surface area (Å²) in [6, 6.07) is 0. The molecule has 0 aliphatic carbocycles. The van der Waals surface area contributed by atoms with Gasteiger partial charge in [-0.15, -0.1) is 0 Å². The zero-order chi connectivity index (χ0) is 11.5. The van der Waals surface area contributed by atoms with Crippen molar-refractivity contribution in [2.75, 3.05) is 0 Å². The lowest BCUT2D eigenvalue weighted by Gasteiger charge is -1.90. The second-order valence-electron chi connectivity index (χ2n) is 3.21. The zero-order valence-electron chi connectivity index (χ0n) is 8.82. The van der Waals surface area contributed by atoms with E-state index in [1.54, 1.807) is 6.08 Å². The number of rotatable bonds is 8. The van der Waals surface area contributed by atoms with Crippen molar-refractivity contribution in [2.45, 2.75) is 32.1 Å². The van der Waals surface area contributed by atoms with Crippen LogP contribution in [0.5, 0.6) is 0 Å². The molecular formula is C11H18N2O2. The Labute approximate surface area is 90.0 Å². The van der Waals surface area contributed by atoms with Gasteiger partial charge in [0, 0.05) is 12.8 Å². The SMILES string of the molecule is NC(=O)C/C=C\C/C=C\CCCC(N)=O. The van der Waals surface area contributed by atoms with Gasteiger partial charge in [0.1, 0.15) is 0 Å². The summed E-state index contributed by atoms with van der Waals surface area (Å²) < 4.78 is 0. The first-order valence-corrected chi connectivity index (χ1v) is 4.99. The molecule has 2 amide bonds. The summed E-state index contributed by atoms with van der Waals surface area (Å²) in [4.78, 5) is 20.7. The van der Waals surface area contributed by atoms with E-state index >= 15 is 0 Å². The third-order valence-corrected chi connectivity index (χ3v) is 1.72. The summed E-state index contributed by atoms with van der Waals surface area (Å²) in [6.45, 7) is 0. The van der Waals surface area contributed by atoms with E-state index in [1.807, 2.05) is 18.2 Å². The standard InChI is InChI=1S/C11H18N2O2/c12-10(14)8-6-4-2-1-3-5-7-9-11(13)15/h1-2,5,7H,3-4,6,8-9H2,(H2,12,14)(H2,13,15)/b2-1-,7-5-. The minimum absolute atomic E-state index is 0.259. The molecule has 0 heterocycles. The fourth-order valence-electron chi connectivity index (χ4n) is 0.982. The molecule has 0 aromatic heterocycles. The Morgan fingerprint density at radius 2 is 1.60 bits per heavy atom. The van der Waals surface area contributed by atoms with Crippen LogP contribution in [0.3, 0.4) is 0 Å². The number of hydrogen-bond donors (Lipinski definition) is 2. The summed E-state index contributed by atoms with van der Waals surface area (Å²) >= 11 is 0. The van der Waals surface area contributed by atoms with Crippen molar-refractivity contribution >= 4 is 11.8 Å². The average molecular weight is 210 g/mol. The topological polar surface area (TPSA) is 86.2 Å². The fourth-order valence-corrected chi connectivity index (χ4v) is 0.982. The third-order valence-electron chi connectivity index (χ3n) is 1.72. The van der Waals surface area contributed by atoms with Crippen LogP contribution in [0.2, 0.25) is 0 Å². The van der Waals surface area contributed by atoms with Gasteiger partial charge in [0.2, 0.25) is 11.8 Å². The second-order valence-corrected chi connectivity index (χ2v) is 3.21. The number of primary amides is 2. The summed E-state index contributed by atoms with van der Waals surface area (Å²) in [7, 11) is 0. The minimum Gasteiger partial charge on any atom is -0.370 e. The highest BCUT2D eigenvalue weighted by molar-refractivity contribution is 5.75. The van der Waals surface area contributed by atoms with E-state index in [9.17, 15) is 9.59 Å². The van der Waals surface area contributed by atoms with E-state index < -0.39 is 0 Å². The Morgan fingerprint density at radius 3 is 2.20 bits per heavy atom. The molecule has 0 aliphatic heterocycles. The second kappa shape index (κ2) is 8.99. The Kier molecular flexibility index (Phi) is 8.05. The summed E-state index contributed by atoms with van der Waals surface area (Å²) in [6.07, 6.45) is 10.8. The molecule has 4 heteroatoms. The maximum Gasteiger partial charge on any atom is 0.221 e. The number of hydrogen-bond acceptors (Lipinski definition) is 2. The van der Waals surface area contributed by atoms with Gasteiger partial charge in [-0.2, -0.15) is 0 Å². The van der Waals surface area contributed by atoms with Gasteiger partial charge in [-0.25, -0.2) is 0 Å². The highest BCUT2D eigenvalue weighted by Gasteiger charge is 1.90. The molecule has 0 fully saturated rings. The molecule has 15 heavy (non-hydrogen) atoms. The van der Waals surface area contributed by atoms with Gasteiger partial charge < -0.3 is 11.5 Å². The monoisotopic (exact) mass is 210 g/mol. The van der Waals surface area contributed by atoms with E-state index in [1.165, 1.54) is 0 Å². The molecule has 0 saturated heterocycles. The van der Waals surface area contributed by atoms with Crippen LogP contribution in [0.1, 0.15) is 32.1 Å². The van der Waals surface area contributed by atoms with E-state index in [0.717, 1.165) is 19.3 Å². The quantitative estimate of drug-likeness (QED) is 0.463. The summed E-state index contributed by atoms with van der Waals surface area (Å²) in [5, 5.41) is 0. The molecule has 0 atom stereocenters. The number of amides is 2. The third kappa shape index (κ3) is 12.4. The van der Waals surface area contributed by atoms with Crippen LogP contribution in [0.15, 0.2) is 24.3 Å². The predicted octanol–water partition coefficient (Wildman–Crippen LogP) is 1.02. The first-order valence-electron chi connectivity index (χ1n) is 4.99. The van der Waals surface area contributed by atoms with Gasteiger partial charge >= 0.3 is 0 Å². The number of carbonyl (C=O) groups is 2. The van der Waals surface area contributed by atoms with E-state index in [0.29, 0.717) is 6.42 Å². The van der Waals surface area contributed by atoms with Crippen molar-refractivity contribution in [2.24, 2.45) is 11.5 Å². The molecule has 0 saturated carbocycles. The first kappa shape index (κ1) is 13.4. The smallest absolute Gasteiger partial charge is 0.221 e. The van der Waals surface area contributed by atoms with Crippen LogP contribution < -0.4 is 11.5 Å². The van der Waals surface area contributed by atoms with E-state index in [-0.39, 0.29) is 18.2 Å². The molecule has 0 radical (unpaired) electrons. The Morgan fingerprint density at radius 1 is 0.933 bits per heavy atom. The molecule has 4 N–H and O–H groups in total. The maximum atomic E-state index is 10.4. The predicted molar refractivity (Wildman–Crippen MR) is 59.8 cm³/mol. The van der Waals surface area contributed by atoms with E-state index in [4.69, 9.17) is 11.5 Å². The molecular weight excluding hydrogens is 192 g/mol. The average Bonchev–Trinajstić information content (AvgIpc) is 2.14. The fraction of sp³-hybridized carbons (Fsp3) is 0.455. The molecule has 0 aliphatic rings. The van der Waals surface area contributed by atoms with Crippen molar-refractivity contribution in [3.05, 3.63) is 24.3 Å². The highest BCUT2D eigenvalue weighted by atomic mass is 16.1. The Balaban J connectivity index is 3.35. The van der Waals surface area contributed by atoms with E-state index in [2.05, 4.69) is 0 Å². The van der Waals surface area contributed by atoms with Gasteiger partial charge in [0.15, 0.2) is 0 Å². The van der Waals surface area contributed by atoms with Gasteiger partial charge in [-0.05, 0) is 19.3 Å². The number of unbranched alkanes of at least 4 members (excludes halogenated alkanes) is 1. The van der Waals surface area contributed by atoms with Crippen molar-refractivity contribution in [3.63, 3.8) is 0 Å². The van der Waals surface area contributed by atoms with Crippen LogP contribution in [0.25, 0.3) is 0 Å². The van der Waals surface area contributed by atoms with Gasteiger partial charge in [-0.1, -0.05) is 24.3 Å². The van der Waals surface area contributed by atoms with Crippen molar-refractivity contribution in [3.8, 4) is 0 Å². The van der Waals surface area contributed by atoms with Gasteiger partial charge in [0.05, 0.1) is 0 Å². The largest absolute Gasteiger partial charge is 0.370 e. The van der Waals surface area contributed by atoms with Crippen LogP contribution in [0.4, 0.5) is 0 Å². The van der Waals surface area contributed by atoms with Crippen LogP contribution in [-0.4, -0.2) is 11.8 Å². The lowest BCUT2D eigenvalue weighted by molar-refractivity contribution is -0.118. The normalized spacial score (nSPS) is 11.2. The lowest BCUT2D eigenvalue weighted by atomic mass is 10.2. The zero-order valence-corrected chi connectivity index (χ0v) is 8.82. The number of allylic oxidation sites excluding steroid dienone is 3. The molecule has 0 aromatic carbocycles.